The van der Waals surface area contributed by atoms with Crippen molar-refractivity contribution in [3.05, 3.63) is 22.4 Å². The van der Waals surface area contributed by atoms with Gasteiger partial charge in [0, 0.05) is 17.3 Å². The molecule has 1 aliphatic rings. The molecule has 0 bridgehead atoms. The Labute approximate surface area is 108 Å². The van der Waals surface area contributed by atoms with E-state index in [4.69, 9.17) is 5.73 Å². The summed E-state index contributed by atoms with van der Waals surface area (Å²) in [7, 11) is 0. The predicted molar refractivity (Wildman–Crippen MR) is 73.2 cm³/mol. The van der Waals surface area contributed by atoms with Gasteiger partial charge in [-0.15, -0.1) is 11.3 Å². The molecule has 3 N–H and O–H groups in total. The average molecular weight is 253 g/mol. The molecular weight excluding hydrogens is 230 g/mol. The summed E-state index contributed by atoms with van der Waals surface area (Å²) in [6, 6.07) is 4.13. The van der Waals surface area contributed by atoms with E-state index in [1.807, 2.05) is 6.07 Å². The fourth-order valence-electron chi connectivity index (χ4n) is 3.19. The third-order valence-electron chi connectivity index (χ3n) is 4.33. The van der Waals surface area contributed by atoms with E-state index in [1.165, 1.54) is 17.7 Å². The van der Waals surface area contributed by atoms with E-state index in [0.717, 1.165) is 6.42 Å². The van der Waals surface area contributed by atoms with E-state index in [1.54, 1.807) is 11.3 Å². The lowest BCUT2D eigenvalue weighted by Crippen LogP contribution is -2.37. The van der Waals surface area contributed by atoms with Crippen LogP contribution in [0.25, 0.3) is 0 Å². The number of aliphatic hydroxyl groups is 1. The molecule has 96 valence electrons. The lowest BCUT2D eigenvalue weighted by Gasteiger charge is -2.34. The van der Waals surface area contributed by atoms with Crippen LogP contribution in [0.15, 0.2) is 17.5 Å². The van der Waals surface area contributed by atoms with Crippen molar-refractivity contribution in [2.45, 2.75) is 45.1 Å². The van der Waals surface area contributed by atoms with Crippen LogP contribution in [0, 0.1) is 11.3 Å². The van der Waals surface area contributed by atoms with Crippen LogP contribution in [0.2, 0.25) is 0 Å². The van der Waals surface area contributed by atoms with Crippen molar-refractivity contribution < 1.29 is 5.11 Å². The molecule has 0 amide bonds. The Balaban J connectivity index is 2.15. The molecule has 1 fully saturated rings. The summed E-state index contributed by atoms with van der Waals surface area (Å²) in [6.07, 6.45) is 3.29. The zero-order chi connectivity index (χ0) is 12.5. The smallest absolute Gasteiger partial charge is 0.0662 e. The highest BCUT2D eigenvalue weighted by Crippen LogP contribution is 2.47. The maximum atomic E-state index is 10.6. The Morgan fingerprint density at radius 2 is 2.35 bits per heavy atom. The molecule has 1 aromatic heterocycles. The lowest BCUT2D eigenvalue weighted by molar-refractivity contribution is 0.0354. The van der Waals surface area contributed by atoms with Crippen molar-refractivity contribution in [1.29, 1.82) is 0 Å². The van der Waals surface area contributed by atoms with E-state index in [0.29, 0.717) is 12.5 Å². The van der Waals surface area contributed by atoms with E-state index < -0.39 is 0 Å². The first-order valence-corrected chi connectivity index (χ1v) is 7.36. The number of aliphatic hydroxyl groups excluding tert-OH is 1. The molecule has 3 atom stereocenters. The van der Waals surface area contributed by atoms with Gasteiger partial charge in [0.25, 0.3) is 0 Å². The predicted octanol–water partition coefficient (Wildman–Crippen LogP) is 2.98. The second-order valence-corrected chi connectivity index (χ2v) is 6.81. The highest BCUT2D eigenvalue weighted by molar-refractivity contribution is 7.10. The Morgan fingerprint density at radius 3 is 2.82 bits per heavy atom. The maximum absolute atomic E-state index is 10.6. The van der Waals surface area contributed by atoms with Gasteiger partial charge in [-0.2, -0.15) is 0 Å². The van der Waals surface area contributed by atoms with Crippen molar-refractivity contribution in [3.8, 4) is 0 Å². The number of rotatable bonds is 4. The van der Waals surface area contributed by atoms with Crippen LogP contribution in [0.5, 0.6) is 0 Å². The number of hydrogen-bond donors (Lipinski definition) is 2. The van der Waals surface area contributed by atoms with Gasteiger partial charge in [0.05, 0.1) is 6.10 Å². The molecule has 1 heterocycles. The summed E-state index contributed by atoms with van der Waals surface area (Å²) in [6.45, 7) is 5.08. The van der Waals surface area contributed by atoms with E-state index >= 15 is 0 Å². The van der Waals surface area contributed by atoms with E-state index in [2.05, 4.69) is 25.3 Å². The fraction of sp³-hybridized carbons (Fsp3) is 0.714. The third-order valence-corrected chi connectivity index (χ3v) is 5.33. The molecule has 0 aliphatic heterocycles. The molecule has 0 radical (unpaired) electrons. The molecule has 0 spiro atoms. The van der Waals surface area contributed by atoms with Crippen LogP contribution >= 0.6 is 11.3 Å². The third kappa shape index (κ3) is 2.56. The Kier molecular flexibility index (Phi) is 3.91. The lowest BCUT2D eigenvalue weighted by atomic mass is 9.75. The molecular formula is C14H23NOS. The number of hydrogen-bond acceptors (Lipinski definition) is 3. The molecule has 3 unspecified atom stereocenters. The monoisotopic (exact) mass is 253 g/mol. The van der Waals surface area contributed by atoms with Gasteiger partial charge < -0.3 is 10.8 Å². The van der Waals surface area contributed by atoms with Crippen LogP contribution in [-0.4, -0.2) is 17.8 Å². The zero-order valence-corrected chi connectivity index (χ0v) is 11.5. The molecule has 2 nitrogen and oxygen atoms in total. The average Bonchev–Trinajstić information content (AvgIpc) is 2.88. The SMILES string of the molecule is CC1(C)CCCC1C(O)C(CN)c1cccs1. The first-order valence-electron chi connectivity index (χ1n) is 6.48. The first-order chi connectivity index (χ1) is 8.06. The molecule has 1 aromatic rings. The van der Waals surface area contributed by atoms with Crippen LogP contribution < -0.4 is 5.73 Å². The number of nitrogens with two attached hydrogens (primary N) is 1. The van der Waals surface area contributed by atoms with Gasteiger partial charge in [-0.3, -0.25) is 0 Å². The van der Waals surface area contributed by atoms with Crippen LogP contribution in [0.4, 0.5) is 0 Å². The summed E-state index contributed by atoms with van der Waals surface area (Å²) in [4.78, 5) is 1.22. The molecule has 2 rings (SSSR count). The van der Waals surface area contributed by atoms with Gasteiger partial charge in [-0.25, -0.2) is 0 Å². The summed E-state index contributed by atoms with van der Waals surface area (Å²) in [5.74, 6) is 0.496. The normalized spacial score (nSPS) is 26.9. The van der Waals surface area contributed by atoms with Crippen molar-refractivity contribution >= 4 is 11.3 Å². The first kappa shape index (κ1) is 13.1. The van der Waals surface area contributed by atoms with Gasteiger partial charge in [-0.05, 0) is 35.6 Å². The Morgan fingerprint density at radius 1 is 1.59 bits per heavy atom. The van der Waals surface area contributed by atoms with Gasteiger partial charge in [0.2, 0.25) is 0 Å². The van der Waals surface area contributed by atoms with Crippen molar-refractivity contribution in [1.82, 2.24) is 0 Å². The fourth-order valence-corrected chi connectivity index (χ4v) is 4.08. The van der Waals surface area contributed by atoms with E-state index in [-0.39, 0.29) is 17.4 Å². The van der Waals surface area contributed by atoms with Gasteiger partial charge in [-0.1, -0.05) is 26.3 Å². The molecule has 17 heavy (non-hydrogen) atoms. The maximum Gasteiger partial charge on any atom is 0.0662 e. The zero-order valence-electron chi connectivity index (χ0n) is 10.7. The van der Waals surface area contributed by atoms with Crippen molar-refractivity contribution in [2.75, 3.05) is 6.54 Å². The second kappa shape index (κ2) is 5.09. The van der Waals surface area contributed by atoms with Gasteiger partial charge in [0.1, 0.15) is 0 Å². The van der Waals surface area contributed by atoms with Gasteiger partial charge >= 0.3 is 0 Å². The minimum atomic E-state index is -0.295. The minimum Gasteiger partial charge on any atom is -0.392 e. The number of thiophene rings is 1. The molecule has 0 aromatic carbocycles. The second-order valence-electron chi connectivity index (χ2n) is 5.84. The highest BCUT2D eigenvalue weighted by atomic mass is 32.1. The highest BCUT2D eigenvalue weighted by Gasteiger charge is 2.41. The molecule has 1 saturated carbocycles. The quantitative estimate of drug-likeness (QED) is 0.866. The van der Waals surface area contributed by atoms with E-state index in [9.17, 15) is 5.11 Å². The molecule has 1 aliphatic carbocycles. The summed E-state index contributed by atoms with van der Waals surface area (Å²) in [5.41, 5.74) is 6.12. The van der Waals surface area contributed by atoms with Crippen LogP contribution in [0.3, 0.4) is 0 Å². The largest absolute Gasteiger partial charge is 0.392 e. The van der Waals surface area contributed by atoms with Crippen molar-refractivity contribution in [3.63, 3.8) is 0 Å². The van der Waals surface area contributed by atoms with Crippen LogP contribution in [-0.2, 0) is 0 Å². The van der Waals surface area contributed by atoms with Crippen LogP contribution in [0.1, 0.15) is 43.9 Å². The minimum absolute atomic E-state index is 0.109. The molecule has 3 heteroatoms. The Bertz CT molecular complexity index is 347. The topological polar surface area (TPSA) is 46.2 Å². The standard InChI is InChI=1S/C14H23NOS/c1-14(2)7-3-5-11(14)13(16)10(9-15)12-6-4-8-17-12/h4,6,8,10-11,13,16H,3,5,7,9,15H2,1-2H3. The van der Waals surface area contributed by atoms with Gasteiger partial charge in [0.15, 0.2) is 0 Å². The van der Waals surface area contributed by atoms with Crippen molar-refractivity contribution in [2.24, 2.45) is 17.1 Å². The summed E-state index contributed by atoms with van der Waals surface area (Å²) >= 11 is 1.70. The summed E-state index contributed by atoms with van der Waals surface area (Å²) < 4.78 is 0. The Hall–Kier alpha value is -0.380. The molecule has 0 saturated heterocycles. The summed E-state index contributed by atoms with van der Waals surface area (Å²) in [5, 5.41) is 12.7.